The molecule has 20 heavy (non-hydrogen) atoms. The zero-order valence-electron chi connectivity index (χ0n) is 11.8. The van der Waals surface area contributed by atoms with E-state index in [-0.39, 0.29) is 18.0 Å². The lowest BCUT2D eigenvalue weighted by Crippen LogP contribution is -2.42. The van der Waals surface area contributed by atoms with E-state index in [9.17, 15) is 4.79 Å². The molecule has 0 fully saturated rings. The van der Waals surface area contributed by atoms with Crippen molar-refractivity contribution in [1.82, 2.24) is 10.6 Å². The van der Waals surface area contributed by atoms with Gasteiger partial charge in [0.1, 0.15) is 0 Å². The Balaban J connectivity index is 2.28. The molecule has 2 aromatic rings. The number of carbonyl (C=O) groups excluding carboxylic acids is 1. The van der Waals surface area contributed by atoms with Gasteiger partial charge in [0.15, 0.2) is 0 Å². The van der Waals surface area contributed by atoms with Gasteiger partial charge in [-0.1, -0.05) is 60.7 Å². The summed E-state index contributed by atoms with van der Waals surface area (Å²) in [5, 5.41) is 6.06. The predicted molar refractivity (Wildman–Crippen MR) is 81.4 cm³/mol. The van der Waals surface area contributed by atoms with Gasteiger partial charge in [0.25, 0.3) is 0 Å². The summed E-state index contributed by atoms with van der Waals surface area (Å²) >= 11 is 0. The molecule has 3 nitrogen and oxygen atoms in total. The highest BCUT2D eigenvalue weighted by atomic mass is 16.2. The molecule has 0 aliphatic heterocycles. The molecule has 3 heteroatoms. The average Bonchev–Trinajstić information content (AvgIpc) is 2.53. The minimum absolute atomic E-state index is 0.00435. The largest absolute Gasteiger partial charge is 0.358 e. The summed E-state index contributed by atoms with van der Waals surface area (Å²) in [5.41, 5.74) is 2.30. The number of likely N-dealkylation sites (N-methyl/N-ethyl adjacent to an activating group) is 1. The Bertz CT molecular complexity index is 500. The summed E-state index contributed by atoms with van der Waals surface area (Å²) in [4.78, 5) is 11.7. The standard InChI is InChI=1S/C17H20N2O/c1-13(17(20)18-2)19-16(14-9-5-3-6-10-14)15-11-7-4-8-12-15/h3-13,16,19H,1-2H3,(H,18,20)/t13-/m1/s1. The maximum absolute atomic E-state index is 11.7. The molecule has 0 heterocycles. The number of rotatable bonds is 5. The molecule has 0 aliphatic carbocycles. The van der Waals surface area contributed by atoms with Crippen LogP contribution in [0.1, 0.15) is 24.1 Å². The van der Waals surface area contributed by atoms with Crippen LogP contribution in [-0.2, 0) is 4.79 Å². The van der Waals surface area contributed by atoms with Crippen molar-refractivity contribution in [3.63, 3.8) is 0 Å². The van der Waals surface area contributed by atoms with E-state index in [1.54, 1.807) is 7.05 Å². The van der Waals surface area contributed by atoms with Gasteiger partial charge in [-0.15, -0.1) is 0 Å². The van der Waals surface area contributed by atoms with Gasteiger partial charge in [0.2, 0.25) is 5.91 Å². The van der Waals surface area contributed by atoms with Gasteiger partial charge < -0.3 is 5.32 Å². The van der Waals surface area contributed by atoms with Crippen LogP contribution in [0, 0.1) is 0 Å². The van der Waals surface area contributed by atoms with Crippen molar-refractivity contribution in [1.29, 1.82) is 0 Å². The highest BCUT2D eigenvalue weighted by molar-refractivity contribution is 5.81. The maximum atomic E-state index is 11.7. The monoisotopic (exact) mass is 268 g/mol. The zero-order valence-corrected chi connectivity index (χ0v) is 11.8. The highest BCUT2D eigenvalue weighted by Crippen LogP contribution is 2.22. The van der Waals surface area contributed by atoms with E-state index in [1.807, 2.05) is 43.3 Å². The van der Waals surface area contributed by atoms with E-state index < -0.39 is 0 Å². The molecule has 2 rings (SSSR count). The Morgan fingerprint density at radius 1 is 0.900 bits per heavy atom. The first-order chi connectivity index (χ1) is 9.72. The minimum Gasteiger partial charge on any atom is -0.358 e. The fraction of sp³-hybridized carbons (Fsp3) is 0.235. The third-order valence-electron chi connectivity index (χ3n) is 3.32. The van der Waals surface area contributed by atoms with Gasteiger partial charge >= 0.3 is 0 Å². The average molecular weight is 268 g/mol. The van der Waals surface area contributed by atoms with E-state index >= 15 is 0 Å². The molecule has 2 aromatic carbocycles. The van der Waals surface area contributed by atoms with Gasteiger partial charge in [-0.3, -0.25) is 10.1 Å². The summed E-state index contributed by atoms with van der Waals surface area (Å²) in [6, 6.07) is 20.1. The highest BCUT2D eigenvalue weighted by Gasteiger charge is 2.19. The van der Waals surface area contributed by atoms with Crippen LogP contribution in [-0.4, -0.2) is 19.0 Å². The predicted octanol–water partition coefficient (Wildman–Crippen LogP) is 2.50. The van der Waals surface area contributed by atoms with Crippen LogP contribution in [0.25, 0.3) is 0 Å². The first kappa shape index (κ1) is 14.3. The second-order valence-corrected chi connectivity index (χ2v) is 4.76. The number of benzene rings is 2. The van der Waals surface area contributed by atoms with Crippen molar-refractivity contribution in [3.8, 4) is 0 Å². The van der Waals surface area contributed by atoms with Crippen molar-refractivity contribution >= 4 is 5.91 Å². The van der Waals surface area contributed by atoms with Crippen molar-refractivity contribution in [2.45, 2.75) is 19.0 Å². The zero-order chi connectivity index (χ0) is 14.4. The number of amides is 1. The second kappa shape index (κ2) is 6.87. The number of hydrogen-bond donors (Lipinski definition) is 2. The van der Waals surface area contributed by atoms with Gasteiger partial charge in [0.05, 0.1) is 12.1 Å². The third kappa shape index (κ3) is 3.45. The van der Waals surface area contributed by atoms with Gasteiger partial charge in [-0.2, -0.15) is 0 Å². The van der Waals surface area contributed by atoms with E-state index in [0.29, 0.717) is 0 Å². The fourth-order valence-corrected chi connectivity index (χ4v) is 2.22. The van der Waals surface area contributed by atoms with Crippen LogP contribution >= 0.6 is 0 Å². The number of hydrogen-bond acceptors (Lipinski definition) is 2. The van der Waals surface area contributed by atoms with E-state index in [1.165, 1.54) is 0 Å². The first-order valence-corrected chi connectivity index (χ1v) is 6.80. The van der Waals surface area contributed by atoms with Crippen LogP contribution in [0.3, 0.4) is 0 Å². The molecule has 0 aromatic heterocycles. The normalized spacial score (nSPS) is 12.2. The quantitative estimate of drug-likeness (QED) is 0.875. The third-order valence-corrected chi connectivity index (χ3v) is 3.32. The van der Waals surface area contributed by atoms with Gasteiger partial charge in [-0.05, 0) is 18.1 Å². The number of nitrogens with one attached hydrogen (secondary N) is 2. The molecular formula is C17H20N2O. The first-order valence-electron chi connectivity index (χ1n) is 6.80. The van der Waals surface area contributed by atoms with Gasteiger partial charge in [-0.25, -0.2) is 0 Å². The van der Waals surface area contributed by atoms with Crippen molar-refractivity contribution < 1.29 is 4.79 Å². The van der Waals surface area contributed by atoms with E-state index in [4.69, 9.17) is 0 Å². The molecule has 0 radical (unpaired) electrons. The molecule has 0 unspecified atom stereocenters. The van der Waals surface area contributed by atoms with Crippen LogP contribution in [0.5, 0.6) is 0 Å². The topological polar surface area (TPSA) is 41.1 Å². The minimum atomic E-state index is -0.259. The lowest BCUT2D eigenvalue weighted by molar-refractivity contribution is -0.122. The summed E-state index contributed by atoms with van der Waals surface area (Å²) in [6.07, 6.45) is 0. The van der Waals surface area contributed by atoms with Crippen LogP contribution in [0.2, 0.25) is 0 Å². The summed E-state index contributed by atoms with van der Waals surface area (Å²) in [7, 11) is 1.65. The Kier molecular flexibility index (Phi) is 4.91. The van der Waals surface area contributed by atoms with Crippen molar-refractivity contribution in [2.75, 3.05) is 7.05 Å². The summed E-state index contributed by atoms with van der Waals surface area (Å²) in [6.45, 7) is 1.87. The Labute approximate surface area is 120 Å². The van der Waals surface area contributed by atoms with Gasteiger partial charge in [0, 0.05) is 7.05 Å². The molecule has 0 spiro atoms. The van der Waals surface area contributed by atoms with Crippen LogP contribution in [0.4, 0.5) is 0 Å². The van der Waals surface area contributed by atoms with Crippen molar-refractivity contribution in [3.05, 3.63) is 71.8 Å². The Morgan fingerprint density at radius 3 is 1.75 bits per heavy atom. The van der Waals surface area contributed by atoms with E-state index in [0.717, 1.165) is 11.1 Å². The van der Waals surface area contributed by atoms with Crippen LogP contribution < -0.4 is 10.6 Å². The molecule has 2 N–H and O–H groups in total. The van der Waals surface area contributed by atoms with E-state index in [2.05, 4.69) is 34.9 Å². The lowest BCUT2D eigenvalue weighted by atomic mass is 9.98. The molecule has 104 valence electrons. The maximum Gasteiger partial charge on any atom is 0.236 e. The Hall–Kier alpha value is -2.13. The summed E-state index contributed by atoms with van der Waals surface area (Å²) < 4.78 is 0. The molecule has 1 atom stereocenters. The van der Waals surface area contributed by atoms with Crippen LogP contribution in [0.15, 0.2) is 60.7 Å². The van der Waals surface area contributed by atoms with Crippen molar-refractivity contribution in [2.24, 2.45) is 0 Å². The fourth-order valence-electron chi connectivity index (χ4n) is 2.22. The smallest absolute Gasteiger partial charge is 0.236 e. The molecule has 0 saturated heterocycles. The molecule has 0 bridgehead atoms. The molecule has 0 aliphatic rings. The molecule has 1 amide bonds. The molecule has 0 saturated carbocycles. The SMILES string of the molecule is CNC(=O)[C@@H](C)NC(c1ccccc1)c1ccccc1. The second-order valence-electron chi connectivity index (χ2n) is 4.76. The lowest BCUT2D eigenvalue weighted by Gasteiger charge is -2.23. The Morgan fingerprint density at radius 2 is 1.35 bits per heavy atom. The summed E-state index contributed by atoms with van der Waals surface area (Å²) in [5.74, 6) is -0.0122. The number of carbonyl (C=O) groups is 1. The molecular weight excluding hydrogens is 248 g/mol.